The number of ether oxygens (including phenoxy) is 2. The quantitative estimate of drug-likeness (QED) is 0.118. The molecule has 2 aliphatic heterocycles. The summed E-state index contributed by atoms with van der Waals surface area (Å²) in [7, 11) is 1.61. The smallest absolute Gasteiger partial charge is 0.416 e. The summed E-state index contributed by atoms with van der Waals surface area (Å²) in [5.74, 6) is 0.0508. The SMILES string of the molecule is C=C(F)/C=C\C=C1/CN=C(N2CCN(c3cccc(OC)c3)CC2)N(c2cc(C(F)(F)F)ccc2SC)C1CC(=O)OCC.CC. The molecule has 0 spiro atoms. The Hall–Kier alpha value is -3.93. The minimum Gasteiger partial charge on any atom is -0.497 e. The standard InChI is InChI=1S/C32H36F4N4O3S.C2H6/c1-5-43-30(41)20-27-23(9-6-8-22(2)33)21-37-31(40(27)28-18-24(32(34,35)36)12-13-29(28)44-4)39-16-14-38(15-17-39)25-10-7-11-26(19-25)42-3;1-2/h6-13,18-19,27H,2,5,14-17,20-21H2,1,3-4H3;1-2H3/b8-6-,23-9+;. The number of piperazine rings is 1. The van der Waals surface area contributed by atoms with Gasteiger partial charge in [0.05, 0.1) is 44.0 Å². The maximum Gasteiger partial charge on any atom is 0.416 e. The molecule has 0 saturated carbocycles. The van der Waals surface area contributed by atoms with Crippen molar-refractivity contribution in [2.75, 3.05) is 62.5 Å². The number of hydrogen-bond acceptors (Lipinski definition) is 8. The molecule has 1 atom stereocenters. The van der Waals surface area contributed by atoms with Crippen molar-refractivity contribution in [2.45, 2.75) is 44.3 Å². The summed E-state index contributed by atoms with van der Waals surface area (Å²) in [6.07, 6.45) is 1.33. The first kappa shape index (κ1) is 36.5. The number of rotatable bonds is 9. The zero-order valence-corrected chi connectivity index (χ0v) is 27.8. The average molecular weight is 663 g/mol. The summed E-state index contributed by atoms with van der Waals surface area (Å²) >= 11 is 1.30. The maximum absolute atomic E-state index is 14.0. The van der Waals surface area contributed by atoms with Crippen LogP contribution in [0.3, 0.4) is 0 Å². The van der Waals surface area contributed by atoms with Gasteiger partial charge in [-0.3, -0.25) is 4.79 Å². The molecular weight excluding hydrogens is 620 g/mol. The zero-order valence-electron chi connectivity index (χ0n) is 26.9. The van der Waals surface area contributed by atoms with Gasteiger partial charge in [0.2, 0.25) is 5.96 Å². The fraction of sp³-hybridized carbons (Fsp3) is 0.412. The summed E-state index contributed by atoms with van der Waals surface area (Å²) < 4.78 is 66.0. The molecule has 2 aromatic rings. The molecule has 2 aromatic carbocycles. The van der Waals surface area contributed by atoms with Crippen LogP contribution in [0.4, 0.5) is 28.9 Å². The van der Waals surface area contributed by atoms with Gasteiger partial charge in [0.15, 0.2) is 0 Å². The van der Waals surface area contributed by atoms with Crippen molar-refractivity contribution in [2.24, 2.45) is 4.99 Å². The Kier molecular flexibility index (Phi) is 13.6. The first-order valence-corrected chi connectivity index (χ1v) is 16.4. The van der Waals surface area contributed by atoms with Gasteiger partial charge in [0, 0.05) is 42.8 Å². The van der Waals surface area contributed by atoms with E-state index in [1.54, 1.807) is 31.3 Å². The molecule has 1 saturated heterocycles. The third kappa shape index (κ3) is 9.31. The molecule has 250 valence electrons. The van der Waals surface area contributed by atoms with Crippen molar-refractivity contribution in [3.63, 3.8) is 0 Å². The Balaban J connectivity index is 0.00000282. The van der Waals surface area contributed by atoms with Crippen LogP contribution in [-0.2, 0) is 15.7 Å². The third-order valence-corrected chi connectivity index (χ3v) is 8.14. The molecule has 0 N–H and O–H groups in total. The molecule has 0 bridgehead atoms. The van der Waals surface area contributed by atoms with Crippen LogP contribution in [-0.4, -0.2) is 75.6 Å². The Labute approximate surface area is 273 Å². The fourth-order valence-corrected chi connectivity index (χ4v) is 5.81. The van der Waals surface area contributed by atoms with Gasteiger partial charge in [0.25, 0.3) is 0 Å². The summed E-state index contributed by atoms with van der Waals surface area (Å²) in [6.45, 7) is 11.6. The number of aliphatic imine (C=N–C) groups is 1. The molecule has 7 nitrogen and oxygen atoms in total. The Morgan fingerprint density at radius 2 is 1.80 bits per heavy atom. The highest BCUT2D eigenvalue weighted by atomic mass is 32.2. The summed E-state index contributed by atoms with van der Waals surface area (Å²) in [5, 5.41) is 0. The number of thioether (sulfide) groups is 1. The number of allylic oxidation sites excluding steroid dienone is 4. The lowest BCUT2D eigenvalue weighted by Crippen LogP contribution is -2.58. The van der Waals surface area contributed by atoms with Crippen molar-refractivity contribution < 1.29 is 31.8 Å². The number of carbonyl (C=O) groups is 1. The van der Waals surface area contributed by atoms with Gasteiger partial charge in [-0.05, 0) is 55.2 Å². The monoisotopic (exact) mass is 662 g/mol. The second kappa shape index (κ2) is 17.1. The van der Waals surface area contributed by atoms with Gasteiger partial charge in [0.1, 0.15) is 11.6 Å². The minimum absolute atomic E-state index is 0.142. The minimum atomic E-state index is -4.58. The lowest BCUT2D eigenvalue weighted by molar-refractivity contribution is -0.143. The number of methoxy groups -OCH3 is 1. The third-order valence-electron chi connectivity index (χ3n) is 7.36. The number of esters is 1. The first-order chi connectivity index (χ1) is 22.0. The lowest BCUT2D eigenvalue weighted by atomic mass is 9.98. The number of carbonyl (C=O) groups excluding carboxylic acids is 1. The van der Waals surface area contributed by atoms with Crippen LogP contribution in [0, 0.1) is 0 Å². The van der Waals surface area contributed by atoms with Crippen LogP contribution in [0.1, 0.15) is 32.8 Å². The maximum atomic E-state index is 14.0. The molecule has 0 radical (unpaired) electrons. The molecule has 0 amide bonds. The lowest BCUT2D eigenvalue weighted by Gasteiger charge is -2.46. The van der Waals surface area contributed by atoms with Crippen molar-refractivity contribution in [3.8, 4) is 5.75 Å². The van der Waals surface area contributed by atoms with Crippen molar-refractivity contribution in [3.05, 3.63) is 84.2 Å². The Morgan fingerprint density at radius 3 is 2.41 bits per heavy atom. The van der Waals surface area contributed by atoms with Crippen LogP contribution in [0.5, 0.6) is 5.75 Å². The summed E-state index contributed by atoms with van der Waals surface area (Å²) in [4.78, 5) is 24.3. The second-order valence-corrected chi connectivity index (χ2v) is 11.0. The van der Waals surface area contributed by atoms with E-state index >= 15 is 0 Å². The van der Waals surface area contributed by atoms with Gasteiger partial charge < -0.3 is 24.2 Å². The highest BCUT2D eigenvalue weighted by Gasteiger charge is 2.39. The highest BCUT2D eigenvalue weighted by Crippen LogP contribution is 2.40. The topological polar surface area (TPSA) is 57.6 Å². The van der Waals surface area contributed by atoms with Crippen molar-refractivity contribution >= 4 is 35.1 Å². The number of nitrogens with zero attached hydrogens (tertiary/aromatic N) is 4. The van der Waals surface area contributed by atoms with Gasteiger partial charge in [-0.2, -0.15) is 13.2 Å². The number of guanidine groups is 1. The number of benzene rings is 2. The molecular formula is C34H42F4N4O3S. The Bertz CT molecular complexity index is 1440. The average Bonchev–Trinajstić information content (AvgIpc) is 3.05. The van der Waals surface area contributed by atoms with Crippen LogP contribution in [0.2, 0.25) is 0 Å². The predicted octanol–water partition coefficient (Wildman–Crippen LogP) is 7.75. The predicted molar refractivity (Wildman–Crippen MR) is 179 cm³/mol. The van der Waals surface area contributed by atoms with Gasteiger partial charge in [-0.15, -0.1) is 11.8 Å². The van der Waals surface area contributed by atoms with E-state index in [-0.39, 0.29) is 25.3 Å². The van der Waals surface area contributed by atoms with Crippen molar-refractivity contribution in [1.82, 2.24) is 4.90 Å². The van der Waals surface area contributed by atoms with Crippen LogP contribution >= 0.6 is 11.8 Å². The van der Waals surface area contributed by atoms with E-state index in [2.05, 4.69) is 11.5 Å². The van der Waals surface area contributed by atoms with E-state index in [1.165, 1.54) is 30.0 Å². The molecule has 46 heavy (non-hydrogen) atoms. The van der Waals surface area contributed by atoms with Gasteiger partial charge in [-0.25, -0.2) is 9.38 Å². The molecule has 1 unspecified atom stereocenters. The highest BCUT2D eigenvalue weighted by molar-refractivity contribution is 7.98. The van der Waals surface area contributed by atoms with E-state index in [0.29, 0.717) is 42.6 Å². The van der Waals surface area contributed by atoms with Gasteiger partial charge >= 0.3 is 12.1 Å². The summed E-state index contributed by atoms with van der Waals surface area (Å²) in [6, 6.07) is 10.6. The Morgan fingerprint density at radius 1 is 1.11 bits per heavy atom. The van der Waals surface area contributed by atoms with E-state index in [4.69, 9.17) is 14.5 Å². The van der Waals surface area contributed by atoms with Crippen molar-refractivity contribution in [1.29, 1.82) is 0 Å². The molecule has 1 fully saturated rings. The molecule has 12 heteroatoms. The van der Waals surface area contributed by atoms with Crippen LogP contribution in [0.15, 0.2) is 88.6 Å². The number of anilines is 2. The number of hydrogen-bond donors (Lipinski definition) is 0. The van der Waals surface area contributed by atoms with E-state index in [0.717, 1.165) is 23.6 Å². The summed E-state index contributed by atoms with van der Waals surface area (Å²) in [5.41, 5.74) is 1.09. The second-order valence-electron chi connectivity index (χ2n) is 10.1. The number of alkyl halides is 3. The van der Waals surface area contributed by atoms with E-state index in [1.807, 2.05) is 43.0 Å². The zero-order chi connectivity index (χ0) is 33.9. The largest absolute Gasteiger partial charge is 0.497 e. The molecule has 0 aromatic heterocycles. The van der Waals surface area contributed by atoms with E-state index < -0.39 is 29.6 Å². The van der Waals surface area contributed by atoms with Crippen LogP contribution < -0.4 is 14.5 Å². The van der Waals surface area contributed by atoms with Gasteiger partial charge in [-0.1, -0.05) is 38.6 Å². The molecule has 4 rings (SSSR count). The van der Waals surface area contributed by atoms with E-state index in [9.17, 15) is 22.4 Å². The molecule has 2 aliphatic rings. The molecule has 2 heterocycles. The number of halogens is 4. The molecule has 0 aliphatic carbocycles. The fourth-order valence-electron chi connectivity index (χ4n) is 5.24. The van der Waals surface area contributed by atoms with Crippen LogP contribution in [0.25, 0.3) is 0 Å². The normalized spacial score (nSPS) is 17.8. The first-order valence-electron chi connectivity index (χ1n) is 15.2.